The molecule has 0 amide bonds. The molecule has 0 aliphatic carbocycles. The molecule has 0 spiro atoms. The number of benzene rings is 3. The van der Waals surface area contributed by atoms with Crippen LogP contribution in [0.3, 0.4) is 0 Å². The molecule has 1 fully saturated rings. The molecule has 2 heterocycles. The predicted molar refractivity (Wildman–Crippen MR) is 154 cm³/mol. The van der Waals surface area contributed by atoms with Crippen molar-refractivity contribution in [1.82, 2.24) is 19.2 Å². The van der Waals surface area contributed by atoms with Gasteiger partial charge in [0.1, 0.15) is 11.6 Å². The van der Waals surface area contributed by atoms with E-state index in [1.807, 2.05) is 24.3 Å². The molecule has 1 aliphatic rings. The topological polar surface area (TPSA) is 78.4 Å². The highest BCUT2D eigenvalue weighted by Crippen LogP contribution is 2.29. The summed E-state index contributed by atoms with van der Waals surface area (Å²) < 4.78 is 27.7. The van der Waals surface area contributed by atoms with Crippen molar-refractivity contribution >= 4 is 44.0 Å². The molecule has 4 aromatic rings. The van der Waals surface area contributed by atoms with E-state index in [4.69, 9.17) is 21.6 Å². The highest BCUT2D eigenvalue weighted by atomic mass is 35.5. The van der Waals surface area contributed by atoms with Crippen molar-refractivity contribution < 1.29 is 8.42 Å². The molecule has 1 saturated heterocycles. The van der Waals surface area contributed by atoms with Crippen LogP contribution in [-0.4, -0.2) is 53.8 Å². The number of hydrogen-bond acceptors (Lipinski definition) is 6. The van der Waals surface area contributed by atoms with Crippen LogP contribution in [0.5, 0.6) is 0 Å². The van der Waals surface area contributed by atoms with Gasteiger partial charge >= 0.3 is 0 Å². The maximum Gasteiger partial charge on any atom is 0.243 e. The third-order valence-corrected chi connectivity index (χ3v) is 9.27. The monoisotopic (exact) mass is 549 g/mol. The molecule has 0 bridgehead atoms. The van der Waals surface area contributed by atoms with Crippen LogP contribution >= 0.6 is 11.6 Å². The molecule has 0 saturated carbocycles. The van der Waals surface area contributed by atoms with Gasteiger partial charge in [0.05, 0.1) is 16.5 Å². The lowest BCUT2D eigenvalue weighted by molar-refractivity contribution is 0.141. The third kappa shape index (κ3) is 5.54. The van der Waals surface area contributed by atoms with E-state index in [-0.39, 0.29) is 10.9 Å². The normalized spacial score (nSPS) is 16.1. The van der Waals surface area contributed by atoms with E-state index in [1.165, 1.54) is 9.87 Å². The zero-order valence-electron chi connectivity index (χ0n) is 21.8. The summed E-state index contributed by atoms with van der Waals surface area (Å²) in [6.07, 6.45) is 0. The number of halogens is 1. The maximum atomic E-state index is 13.1. The smallest absolute Gasteiger partial charge is 0.243 e. The quantitative estimate of drug-likeness (QED) is 0.295. The van der Waals surface area contributed by atoms with E-state index in [0.717, 1.165) is 22.4 Å². The molecule has 1 aromatic heterocycles. The lowest BCUT2D eigenvalue weighted by Crippen LogP contribution is -2.49. The van der Waals surface area contributed by atoms with Gasteiger partial charge in [-0.3, -0.25) is 4.90 Å². The summed E-state index contributed by atoms with van der Waals surface area (Å²) in [4.78, 5) is 12.3. The van der Waals surface area contributed by atoms with E-state index in [1.54, 1.807) is 24.3 Å². The molecule has 38 heavy (non-hydrogen) atoms. The minimum Gasteiger partial charge on any atom is -0.340 e. The first kappa shape index (κ1) is 26.6. The number of aromatic nitrogens is 2. The molecule has 1 atom stereocenters. The summed E-state index contributed by atoms with van der Waals surface area (Å²) in [5.41, 5.74) is 3.13. The van der Waals surface area contributed by atoms with Gasteiger partial charge in [-0.2, -0.15) is 4.31 Å². The maximum absolute atomic E-state index is 13.1. The zero-order valence-corrected chi connectivity index (χ0v) is 23.4. The molecule has 1 unspecified atom stereocenters. The minimum atomic E-state index is -3.56. The molecule has 5 rings (SSSR count). The Labute approximate surface area is 229 Å². The zero-order chi connectivity index (χ0) is 26.9. The summed E-state index contributed by atoms with van der Waals surface area (Å²) >= 11 is 5.94. The van der Waals surface area contributed by atoms with Crippen molar-refractivity contribution in [3.05, 3.63) is 89.2 Å². The average molecular weight is 550 g/mol. The molecule has 1 aliphatic heterocycles. The van der Waals surface area contributed by atoms with Crippen molar-refractivity contribution in [2.75, 3.05) is 31.5 Å². The van der Waals surface area contributed by atoms with Crippen LogP contribution in [0.15, 0.2) is 77.7 Å². The predicted octanol–water partition coefficient (Wildman–Crippen LogP) is 6.22. The highest BCUT2D eigenvalue weighted by molar-refractivity contribution is 7.89. The van der Waals surface area contributed by atoms with Crippen LogP contribution < -0.4 is 5.32 Å². The van der Waals surface area contributed by atoms with Gasteiger partial charge in [-0.25, -0.2) is 18.4 Å². The number of hydrogen-bond donors (Lipinski definition) is 1. The van der Waals surface area contributed by atoms with E-state index in [9.17, 15) is 8.42 Å². The number of anilines is 2. The number of fused-ring (bicyclic) bond motifs is 1. The van der Waals surface area contributed by atoms with Crippen LogP contribution in [0.1, 0.15) is 44.1 Å². The molecule has 9 heteroatoms. The Hall–Kier alpha value is -3.04. The Morgan fingerprint density at radius 3 is 2.16 bits per heavy atom. The van der Waals surface area contributed by atoms with Gasteiger partial charge in [0, 0.05) is 42.3 Å². The first-order valence-corrected chi connectivity index (χ1v) is 14.7. The second-order valence-corrected chi connectivity index (χ2v) is 12.3. The van der Waals surface area contributed by atoms with Gasteiger partial charge in [-0.1, -0.05) is 49.7 Å². The van der Waals surface area contributed by atoms with Crippen LogP contribution in [-0.2, 0) is 10.0 Å². The van der Waals surface area contributed by atoms with Crippen molar-refractivity contribution in [2.24, 2.45) is 0 Å². The Morgan fingerprint density at radius 2 is 1.50 bits per heavy atom. The van der Waals surface area contributed by atoms with Crippen molar-refractivity contribution in [2.45, 2.75) is 37.6 Å². The summed E-state index contributed by atoms with van der Waals surface area (Å²) in [5, 5.41) is 4.96. The fourth-order valence-electron chi connectivity index (χ4n) is 4.71. The molecule has 3 aromatic carbocycles. The lowest BCUT2D eigenvalue weighted by Gasteiger charge is -2.36. The number of rotatable bonds is 7. The second kappa shape index (κ2) is 11.0. The third-order valence-electron chi connectivity index (χ3n) is 7.11. The van der Waals surface area contributed by atoms with Gasteiger partial charge in [0.25, 0.3) is 0 Å². The minimum absolute atomic E-state index is 0.0798. The molecule has 0 radical (unpaired) electrons. The van der Waals surface area contributed by atoms with Gasteiger partial charge in [0.15, 0.2) is 0 Å². The summed E-state index contributed by atoms with van der Waals surface area (Å²) in [7, 11) is -3.56. The van der Waals surface area contributed by atoms with E-state index < -0.39 is 10.0 Å². The molecule has 7 nitrogen and oxygen atoms in total. The van der Waals surface area contributed by atoms with Crippen LogP contribution in [0.25, 0.3) is 10.9 Å². The van der Waals surface area contributed by atoms with E-state index in [2.05, 4.69) is 55.3 Å². The Morgan fingerprint density at radius 1 is 0.842 bits per heavy atom. The van der Waals surface area contributed by atoms with Gasteiger partial charge in [0.2, 0.25) is 10.0 Å². The van der Waals surface area contributed by atoms with Crippen molar-refractivity contribution in [3.63, 3.8) is 0 Å². The summed E-state index contributed by atoms with van der Waals surface area (Å²) in [6, 6.07) is 22.7. The number of nitrogens with zero attached hydrogens (tertiary/aromatic N) is 4. The fraction of sp³-hybridized carbons (Fsp3) is 0.310. The lowest BCUT2D eigenvalue weighted by atomic mass is 10.0. The van der Waals surface area contributed by atoms with Crippen LogP contribution in [0.2, 0.25) is 5.02 Å². The summed E-state index contributed by atoms with van der Waals surface area (Å²) in [6.45, 7) is 8.41. The van der Waals surface area contributed by atoms with Gasteiger partial charge < -0.3 is 5.32 Å². The Bertz CT molecular complexity index is 1520. The van der Waals surface area contributed by atoms with Gasteiger partial charge in [-0.05, 0) is 66.9 Å². The molecular weight excluding hydrogens is 518 g/mol. The highest BCUT2D eigenvalue weighted by Gasteiger charge is 2.31. The number of nitrogens with one attached hydrogen (secondary N) is 1. The standard InChI is InChI=1S/C29H32ClN5O2S/c1-20(2)22-8-12-24(13-9-22)31-29-26-6-4-5-7-27(26)32-28(33-29)21(3)34-16-18-35(19-17-34)38(36,37)25-14-10-23(30)11-15-25/h4-15,20-21H,16-19H2,1-3H3,(H,31,32,33). The largest absolute Gasteiger partial charge is 0.340 e. The number of sulfonamides is 1. The first-order chi connectivity index (χ1) is 18.2. The SMILES string of the molecule is CC(C)c1ccc(Nc2nc(C(C)N3CCN(S(=O)(=O)c4ccc(Cl)cc4)CC3)nc3ccccc23)cc1. The van der Waals surface area contributed by atoms with Crippen LogP contribution in [0.4, 0.5) is 11.5 Å². The second-order valence-electron chi connectivity index (χ2n) is 9.92. The Balaban J connectivity index is 1.35. The van der Waals surface area contributed by atoms with Gasteiger partial charge in [-0.15, -0.1) is 0 Å². The van der Waals surface area contributed by atoms with Crippen LogP contribution in [0, 0.1) is 0 Å². The van der Waals surface area contributed by atoms with Crippen molar-refractivity contribution in [1.29, 1.82) is 0 Å². The number of para-hydroxylation sites is 1. The van der Waals surface area contributed by atoms with Crippen molar-refractivity contribution in [3.8, 4) is 0 Å². The average Bonchev–Trinajstić information content (AvgIpc) is 2.93. The molecular formula is C29H32ClN5O2S. The summed E-state index contributed by atoms with van der Waals surface area (Å²) in [5.74, 6) is 1.94. The molecule has 1 N–H and O–H groups in total. The Kier molecular flexibility index (Phi) is 7.68. The van der Waals surface area contributed by atoms with E-state index in [0.29, 0.717) is 42.9 Å². The molecule has 198 valence electrons. The fourth-order valence-corrected chi connectivity index (χ4v) is 6.26. The van der Waals surface area contributed by atoms with E-state index >= 15 is 0 Å². The first-order valence-electron chi connectivity index (χ1n) is 12.9. The number of piperazine rings is 1.